The van der Waals surface area contributed by atoms with Crippen molar-refractivity contribution in [3.8, 4) is 5.75 Å². The van der Waals surface area contributed by atoms with Gasteiger partial charge in [0.25, 0.3) is 0 Å². The van der Waals surface area contributed by atoms with E-state index in [0.29, 0.717) is 6.54 Å². The molecule has 2 rings (SSSR count). The number of benzene rings is 1. The number of carbonyl (C=O) groups excluding carboxylic acids is 1. The fourth-order valence-electron chi connectivity index (χ4n) is 2.54. The summed E-state index contributed by atoms with van der Waals surface area (Å²) in [6.45, 7) is -0.752. The normalized spacial score (nSPS) is 19.0. The number of nitrogens with one attached hydrogen (secondary N) is 1. The zero-order chi connectivity index (χ0) is 15.4. The molecule has 0 aromatic heterocycles. The number of halogens is 2. The van der Waals surface area contributed by atoms with Gasteiger partial charge in [0.1, 0.15) is 5.75 Å². The second-order valence-electron chi connectivity index (χ2n) is 5.33. The van der Waals surface area contributed by atoms with Gasteiger partial charge in [-0.1, -0.05) is 13.0 Å². The van der Waals surface area contributed by atoms with E-state index in [2.05, 4.69) is 10.1 Å². The average molecular weight is 298 g/mol. The molecule has 1 amide bonds. The summed E-state index contributed by atoms with van der Waals surface area (Å²) in [6, 6.07) is 4.81. The Balaban J connectivity index is 2.14. The zero-order valence-electron chi connectivity index (χ0n) is 11.9. The van der Waals surface area contributed by atoms with Crippen molar-refractivity contribution in [2.75, 3.05) is 6.54 Å². The third-order valence-corrected chi connectivity index (χ3v) is 3.77. The largest absolute Gasteiger partial charge is 0.435 e. The number of aryl methyl sites for hydroxylation is 1. The van der Waals surface area contributed by atoms with Crippen molar-refractivity contribution in [2.45, 2.75) is 38.8 Å². The maximum Gasteiger partial charge on any atom is 0.387 e. The van der Waals surface area contributed by atoms with Gasteiger partial charge in [0.2, 0.25) is 5.91 Å². The number of hydrogen-bond donors (Lipinski definition) is 2. The summed E-state index contributed by atoms with van der Waals surface area (Å²) in [7, 11) is 0. The number of nitrogens with two attached hydrogens (primary N) is 1. The number of amides is 1. The minimum atomic E-state index is -2.83. The smallest absolute Gasteiger partial charge is 0.387 e. The van der Waals surface area contributed by atoms with Crippen LogP contribution in [0, 0.1) is 5.92 Å². The van der Waals surface area contributed by atoms with Crippen LogP contribution in [-0.4, -0.2) is 19.1 Å². The van der Waals surface area contributed by atoms with Crippen LogP contribution in [0.4, 0.5) is 8.78 Å². The third kappa shape index (κ3) is 3.91. The number of fused-ring (bicyclic) bond motifs is 1. The molecule has 0 saturated heterocycles. The van der Waals surface area contributed by atoms with E-state index < -0.39 is 6.61 Å². The van der Waals surface area contributed by atoms with Gasteiger partial charge in [0.05, 0.1) is 6.04 Å². The summed E-state index contributed by atoms with van der Waals surface area (Å²) in [5, 5.41) is 2.98. The highest BCUT2D eigenvalue weighted by Gasteiger charge is 2.24. The van der Waals surface area contributed by atoms with Gasteiger partial charge in [-0.15, -0.1) is 0 Å². The van der Waals surface area contributed by atoms with Crippen LogP contribution in [0.2, 0.25) is 0 Å². The van der Waals surface area contributed by atoms with E-state index in [1.807, 2.05) is 0 Å². The molecule has 6 heteroatoms. The van der Waals surface area contributed by atoms with Crippen LogP contribution in [0.3, 0.4) is 0 Å². The van der Waals surface area contributed by atoms with Gasteiger partial charge < -0.3 is 15.8 Å². The highest BCUT2D eigenvalue weighted by atomic mass is 19.3. The Labute approximate surface area is 122 Å². The summed E-state index contributed by atoms with van der Waals surface area (Å²) in [6.07, 6.45) is 2.53. The predicted octanol–water partition coefficient (Wildman–Crippen LogP) is 2.38. The third-order valence-electron chi connectivity index (χ3n) is 3.77. The first-order chi connectivity index (χ1) is 10.0. The number of hydrogen-bond acceptors (Lipinski definition) is 3. The number of rotatable bonds is 5. The van der Waals surface area contributed by atoms with Crippen molar-refractivity contribution in [3.05, 3.63) is 29.3 Å². The zero-order valence-corrected chi connectivity index (χ0v) is 11.9. The Morgan fingerprint density at radius 2 is 2.29 bits per heavy atom. The average Bonchev–Trinajstić information content (AvgIpc) is 2.45. The molecular weight excluding hydrogens is 278 g/mol. The molecule has 0 heterocycles. The maximum absolute atomic E-state index is 12.2. The van der Waals surface area contributed by atoms with E-state index in [0.717, 1.165) is 30.4 Å². The molecule has 0 saturated carbocycles. The van der Waals surface area contributed by atoms with Gasteiger partial charge >= 0.3 is 6.61 Å². The lowest BCUT2D eigenvalue weighted by molar-refractivity contribution is -0.125. The van der Waals surface area contributed by atoms with Crippen LogP contribution in [0.15, 0.2) is 18.2 Å². The Bertz CT molecular complexity index is 508. The summed E-state index contributed by atoms with van der Waals surface area (Å²) in [5.41, 5.74) is 7.41. The molecule has 0 aliphatic heterocycles. The van der Waals surface area contributed by atoms with Crippen LogP contribution < -0.4 is 15.8 Å². The fourth-order valence-corrected chi connectivity index (χ4v) is 2.54. The summed E-state index contributed by atoms with van der Waals surface area (Å²) in [4.78, 5) is 11.9. The molecule has 2 atom stereocenters. The summed E-state index contributed by atoms with van der Waals surface area (Å²) in [5.74, 6) is -0.161. The minimum Gasteiger partial charge on any atom is -0.435 e. The molecule has 1 aliphatic rings. The van der Waals surface area contributed by atoms with Gasteiger partial charge in [-0.25, -0.2) is 0 Å². The molecule has 2 unspecified atom stereocenters. The monoisotopic (exact) mass is 298 g/mol. The lowest BCUT2D eigenvalue weighted by Gasteiger charge is -2.27. The molecule has 0 radical (unpaired) electrons. The van der Waals surface area contributed by atoms with Gasteiger partial charge in [0.15, 0.2) is 0 Å². The van der Waals surface area contributed by atoms with Gasteiger partial charge in [-0.2, -0.15) is 8.78 Å². The number of alkyl halides is 2. The van der Waals surface area contributed by atoms with Crippen molar-refractivity contribution in [1.29, 1.82) is 0 Å². The van der Waals surface area contributed by atoms with E-state index in [-0.39, 0.29) is 23.6 Å². The second kappa shape index (κ2) is 6.85. The first-order valence-corrected chi connectivity index (χ1v) is 7.09. The SMILES string of the molecule is CC(CN)C(=O)NC1CCCc2cc(OC(F)F)ccc21. The highest BCUT2D eigenvalue weighted by Crippen LogP contribution is 2.32. The van der Waals surface area contributed by atoms with Gasteiger partial charge in [0, 0.05) is 12.5 Å². The molecule has 1 aliphatic carbocycles. The highest BCUT2D eigenvalue weighted by molar-refractivity contribution is 5.79. The van der Waals surface area contributed by atoms with E-state index in [4.69, 9.17) is 5.73 Å². The molecule has 21 heavy (non-hydrogen) atoms. The van der Waals surface area contributed by atoms with Crippen molar-refractivity contribution in [1.82, 2.24) is 5.32 Å². The van der Waals surface area contributed by atoms with Crippen LogP contribution >= 0.6 is 0 Å². The van der Waals surface area contributed by atoms with Crippen LogP contribution in [-0.2, 0) is 11.2 Å². The van der Waals surface area contributed by atoms with Crippen molar-refractivity contribution in [2.24, 2.45) is 11.7 Å². The maximum atomic E-state index is 12.2. The molecular formula is C15H20F2N2O2. The number of carbonyl (C=O) groups is 1. The molecule has 116 valence electrons. The van der Waals surface area contributed by atoms with E-state index in [1.54, 1.807) is 19.1 Å². The second-order valence-corrected chi connectivity index (χ2v) is 5.33. The van der Waals surface area contributed by atoms with Crippen molar-refractivity contribution in [3.63, 3.8) is 0 Å². The minimum absolute atomic E-state index is 0.0803. The Morgan fingerprint density at radius 3 is 2.95 bits per heavy atom. The lowest BCUT2D eigenvalue weighted by atomic mass is 9.87. The molecule has 1 aromatic carbocycles. The van der Waals surface area contributed by atoms with E-state index in [1.165, 1.54) is 6.07 Å². The van der Waals surface area contributed by atoms with Gasteiger partial charge in [-0.3, -0.25) is 4.79 Å². The van der Waals surface area contributed by atoms with E-state index in [9.17, 15) is 13.6 Å². The fraction of sp³-hybridized carbons (Fsp3) is 0.533. The van der Waals surface area contributed by atoms with Crippen LogP contribution in [0.1, 0.15) is 36.9 Å². The van der Waals surface area contributed by atoms with Crippen LogP contribution in [0.5, 0.6) is 5.75 Å². The number of ether oxygens (including phenoxy) is 1. The van der Waals surface area contributed by atoms with Crippen LogP contribution in [0.25, 0.3) is 0 Å². The first-order valence-electron chi connectivity index (χ1n) is 7.09. The Hall–Kier alpha value is -1.69. The molecule has 0 fully saturated rings. The Kier molecular flexibility index (Phi) is 5.12. The Morgan fingerprint density at radius 1 is 1.52 bits per heavy atom. The summed E-state index contributed by atoms with van der Waals surface area (Å²) < 4.78 is 28.9. The molecule has 4 nitrogen and oxygen atoms in total. The molecule has 3 N–H and O–H groups in total. The van der Waals surface area contributed by atoms with Crippen molar-refractivity contribution >= 4 is 5.91 Å². The van der Waals surface area contributed by atoms with Crippen molar-refractivity contribution < 1.29 is 18.3 Å². The predicted molar refractivity (Wildman–Crippen MR) is 75.1 cm³/mol. The first kappa shape index (κ1) is 15.7. The molecule has 0 spiro atoms. The summed E-state index contributed by atoms with van der Waals surface area (Å²) >= 11 is 0. The van der Waals surface area contributed by atoms with E-state index >= 15 is 0 Å². The lowest BCUT2D eigenvalue weighted by Crippen LogP contribution is -2.37. The van der Waals surface area contributed by atoms with Gasteiger partial charge in [-0.05, 0) is 42.5 Å². The molecule has 0 bridgehead atoms. The topological polar surface area (TPSA) is 64.4 Å². The quantitative estimate of drug-likeness (QED) is 0.877. The standard InChI is InChI=1S/C15H20F2N2O2/c1-9(8-18)14(20)19-13-4-2-3-10-7-11(21-15(16)17)5-6-12(10)13/h5-7,9,13,15H,2-4,8,18H2,1H3,(H,19,20). The molecule has 1 aromatic rings.